The maximum atomic E-state index is 13.4. The molecule has 2 amide bonds. The molecule has 1 unspecified atom stereocenters. The number of aliphatic carboxylic acids is 1. The third-order valence-electron chi connectivity index (χ3n) is 7.22. The molecule has 32 heavy (non-hydrogen) atoms. The van der Waals surface area contributed by atoms with Gasteiger partial charge in [0, 0.05) is 19.0 Å². The number of ether oxygens (including phenoxy) is 1. The Morgan fingerprint density at radius 1 is 1.28 bits per heavy atom. The Morgan fingerprint density at radius 2 is 1.94 bits per heavy atom. The van der Waals surface area contributed by atoms with Crippen molar-refractivity contribution in [2.45, 2.75) is 65.3 Å². The predicted molar refractivity (Wildman–Crippen MR) is 122 cm³/mol. The van der Waals surface area contributed by atoms with Crippen molar-refractivity contribution in [3.8, 4) is 0 Å². The summed E-state index contributed by atoms with van der Waals surface area (Å²) in [6, 6.07) is -0.220. The lowest BCUT2D eigenvalue weighted by Gasteiger charge is -2.57. The molecule has 0 aliphatic carbocycles. The van der Waals surface area contributed by atoms with Crippen LogP contribution in [0.2, 0.25) is 13.1 Å². The molecular formula is C23H36N2O6Si. The number of rotatable bonds is 7. The number of nitrogens with zero attached hydrogens (tertiary/aromatic N) is 2. The molecule has 0 bridgehead atoms. The summed E-state index contributed by atoms with van der Waals surface area (Å²) in [6.07, 6.45) is 2.25. The monoisotopic (exact) mass is 464 g/mol. The summed E-state index contributed by atoms with van der Waals surface area (Å²) >= 11 is 0. The molecule has 0 saturated carbocycles. The molecule has 3 heterocycles. The van der Waals surface area contributed by atoms with Gasteiger partial charge < -0.3 is 24.1 Å². The number of carboxylic acid groups (broad SMARTS) is 1. The highest BCUT2D eigenvalue weighted by Crippen LogP contribution is 2.54. The smallest absolute Gasteiger partial charge is 0.410 e. The topological polar surface area (TPSA) is 96.4 Å². The van der Waals surface area contributed by atoms with Gasteiger partial charge >= 0.3 is 12.1 Å². The molecule has 9 heteroatoms. The number of amides is 2. The van der Waals surface area contributed by atoms with E-state index in [4.69, 9.17) is 9.16 Å². The second-order valence-corrected chi connectivity index (χ2v) is 12.8. The van der Waals surface area contributed by atoms with Crippen LogP contribution in [0, 0.1) is 17.3 Å². The normalized spacial score (nSPS) is 27.3. The summed E-state index contributed by atoms with van der Waals surface area (Å²) in [5.41, 5.74) is -0.112. The fourth-order valence-electron chi connectivity index (χ4n) is 5.35. The van der Waals surface area contributed by atoms with Gasteiger partial charge in [0.15, 0.2) is 9.04 Å². The number of carbonyl (C=O) groups is 3. The van der Waals surface area contributed by atoms with E-state index >= 15 is 0 Å². The fourth-order valence-corrected chi connectivity index (χ4v) is 6.83. The van der Waals surface area contributed by atoms with Crippen LogP contribution in [0.5, 0.6) is 0 Å². The molecule has 0 radical (unpaired) electrons. The van der Waals surface area contributed by atoms with Crippen molar-refractivity contribution in [2.75, 3.05) is 19.7 Å². The van der Waals surface area contributed by atoms with Gasteiger partial charge in [0.2, 0.25) is 5.91 Å². The molecule has 0 aromatic heterocycles. The van der Waals surface area contributed by atoms with Gasteiger partial charge in [0.1, 0.15) is 12.3 Å². The highest BCUT2D eigenvalue weighted by atomic mass is 28.3. The lowest BCUT2D eigenvalue weighted by atomic mass is 9.63. The van der Waals surface area contributed by atoms with E-state index < -0.39 is 26.7 Å². The average Bonchev–Trinajstić information content (AvgIpc) is 3.27. The Bertz CT molecular complexity index is 848. The fraction of sp³-hybridized carbons (Fsp3) is 0.696. The first-order valence-corrected chi connectivity index (χ1v) is 14.1. The summed E-state index contributed by atoms with van der Waals surface area (Å²) in [7, 11) is -1.47. The second kappa shape index (κ2) is 8.66. The van der Waals surface area contributed by atoms with Gasteiger partial charge in [-0.05, 0) is 43.8 Å². The molecule has 1 N–H and O–H groups in total. The van der Waals surface area contributed by atoms with Crippen molar-refractivity contribution in [3.05, 3.63) is 23.9 Å². The van der Waals surface area contributed by atoms with E-state index in [0.29, 0.717) is 25.9 Å². The number of carbonyl (C=O) groups excluding carboxylic acids is 2. The van der Waals surface area contributed by atoms with Crippen LogP contribution in [0.1, 0.15) is 40.5 Å². The minimum Gasteiger partial charge on any atom is -0.477 e. The summed E-state index contributed by atoms with van der Waals surface area (Å²) in [6.45, 7) is 17.0. The maximum Gasteiger partial charge on any atom is 0.410 e. The van der Waals surface area contributed by atoms with E-state index in [2.05, 4.69) is 40.4 Å². The largest absolute Gasteiger partial charge is 0.477 e. The standard InChI is InChI=1S/C23H36N2O6Si/c1-8-11-30-21(29)24-10-9-14(13-24)15-12-16-17(19(26)25(16)18(15)20(27)28)23(5,22(2,3)4)31-32(6)7/h8,14,16-17,32H,1,9-13H2,2-7H3,(H,27,28)/t14?,16-,17-,23-/m1/s1. The summed E-state index contributed by atoms with van der Waals surface area (Å²) in [5.74, 6) is -1.75. The summed E-state index contributed by atoms with van der Waals surface area (Å²) in [4.78, 5) is 40.8. The Morgan fingerprint density at radius 3 is 2.47 bits per heavy atom. The van der Waals surface area contributed by atoms with Crippen molar-refractivity contribution in [2.24, 2.45) is 17.3 Å². The SMILES string of the molecule is C=CCOC(=O)N1CCC(C2=C(C(=O)O)N3C(=O)[C@H]([C@@](C)(O[SiH](C)C)C(C)(C)C)[C@H]3C2)C1. The number of carboxylic acids is 1. The zero-order valence-corrected chi connectivity index (χ0v) is 21.2. The van der Waals surface area contributed by atoms with Crippen LogP contribution in [0.3, 0.4) is 0 Å². The number of likely N-dealkylation sites (tertiary alicyclic amines) is 1. The van der Waals surface area contributed by atoms with Gasteiger partial charge in [-0.1, -0.05) is 33.4 Å². The van der Waals surface area contributed by atoms with E-state index in [1.165, 1.54) is 11.0 Å². The predicted octanol–water partition coefficient (Wildman–Crippen LogP) is 3.01. The first-order chi connectivity index (χ1) is 14.8. The zero-order valence-electron chi connectivity index (χ0n) is 20.0. The van der Waals surface area contributed by atoms with Gasteiger partial charge in [0.05, 0.1) is 17.6 Å². The van der Waals surface area contributed by atoms with E-state index in [1.807, 2.05) is 6.92 Å². The zero-order chi connectivity index (χ0) is 24.0. The van der Waals surface area contributed by atoms with Crippen molar-refractivity contribution in [1.82, 2.24) is 9.80 Å². The van der Waals surface area contributed by atoms with Gasteiger partial charge in [-0.25, -0.2) is 9.59 Å². The van der Waals surface area contributed by atoms with Crippen molar-refractivity contribution in [1.29, 1.82) is 0 Å². The summed E-state index contributed by atoms with van der Waals surface area (Å²) < 4.78 is 11.6. The summed E-state index contributed by atoms with van der Waals surface area (Å²) in [5, 5.41) is 9.98. The molecule has 3 aliphatic heterocycles. The Kier molecular flexibility index (Phi) is 6.64. The van der Waals surface area contributed by atoms with Crippen molar-refractivity contribution in [3.63, 3.8) is 0 Å². The molecule has 0 aromatic carbocycles. The van der Waals surface area contributed by atoms with Crippen LogP contribution in [0.4, 0.5) is 4.79 Å². The number of fused-ring (bicyclic) bond motifs is 1. The minimum atomic E-state index is -1.47. The molecule has 0 aromatic rings. The van der Waals surface area contributed by atoms with Crippen molar-refractivity contribution < 1.29 is 28.7 Å². The highest BCUT2D eigenvalue weighted by molar-refractivity contribution is 6.48. The van der Waals surface area contributed by atoms with E-state index in [1.54, 1.807) is 4.90 Å². The van der Waals surface area contributed by atoms with Crippen molar-refractivity contribution >= 4 is 27.0 Å². The Labute approximate surface area is 191 Å². The molecule has 3 aliphatic rings. The number of hydrogen-bond acceptors (Lipinski definition) is 5. The van der Waals surface area contributed by atoms with E-state index in [-0.39, 0.29) is 41.5 Å². The van der Waals surface area contributed by atoms with E-state index in [9.17, 15) is 19.5 Å². The van der Waals surface area contributed by atoms with Gasteiger partial charge in [0.25, 0.3) is 0 Å². The molecule has 2 saturated heterocycles. The van der Waals surface area contributed by atoms with E-state index in [0.717, 1.165) is 5.57 Å². The third-order valence-corrected chi connectivity index (χ3v) is 8.18. The molecule has 0 spiro atoms. The van der Waals surface area contributed by atoms with Gasteiger partial charge in [-0.2, -0.15) is 0 Å². The molecule has 2 fully saturated rings. The highest BCUT2D eigenvalue weighted by Gasteiger charge is 2.65. The minimum absolute atomic E-state index is 0.0978. The Balaban J connectivity index is 1.85. The quantitative estimate of drug-likeness (QED) is 0.353. The van der Waals surface area contributed by atoms with Gasteiger partial charge in [-0.15, -0.1) is 0 Å². The van der Waals surface area contributed by atoms with Crippen LogP contribution >= 0.6 is 0 Å². The first kappa shape index (κ1) is 24.5. The molecule has 3 rings (SSSR count). The Hall–Kier alpha value is -2.13. The molecular weight excluding hydrogens is 428 g/mol. The average molecular weight is 465 g/mol. The third kappa shape index (κ3) is 4.01. The maximum absolute atomic E-state index is 13.4. The van der Waals surface area contributed by atoms with Crippen LogP contribution in [0.25, 0.3) is 0 Å². The van der Waals surface area contributed by atoms with Gasteiger partial charge in [-0.3, -0.25) is 4.79 Å². The first-order valence-electron chi connectivity index (χ1n) is 11.3. The second-order valence-electron chi connectivity index (χ2n) is 10.5. The molecule has 4 atom stereocenters. The lowest BCUT2D eigenvalue weighted by Crippen LogP contribution is -2.70. The van der Waals surface area contributed by atoms with Crippen LogP contribution in [0.15, 0.2) is 23.9 Å². The molecule has 8 nitrogen and oxygen atoms in total. The molecule has 178 valence electrons. The van der Waals surface area contributed by atoms with Crippen LogP contribution < -0.4 is 0 Å². The van der Waals surface area contributed by atoms with Crippen LogP contribution in [-0.4, -0.2) is 73.3 Å². The number of β-lactam (4-membered cyclic amide) rings is 1. The van der Waals surface area contributed by atoms with Crippen LogP contribution in [-0.2, 0) is 18.8 Å². The lowest BCUT2D eigenvalue weighted by molar-refractivity contribution is -0.180. The number of hydrogen-bond donors (Lipinski definition) is 1.